The van der Waals surface area contributed by atoms with E-state index in [1.54, 1.807) is 0 Å². The van der Waals surface area contributed by atoms with Crippen molar-refractivity contribution in [1.82, 2.24) is 5.32 Å². The zero-order valence-corrected chi connectivity index (χ0v) is 12.5. The van der Waals surface area contributed by atoms with Crippen LogP contribution in [0.15, 0.2) is 0 Å². The lowest BCUT2D eigenvalue weighted by Crippen LogP contribution is -2.30. The Hall–Kier alpha value is 0.310. The third-order valence-electron chi connectivity index (χ3n) is 3.64. The van der Waals surface area contributed by atoms with E-state index in [0.29, 0.717) is 0 Å². The van der Waals surface area contributed by atoms with E-state index in [4.69, 9.17) is 0 Å². The lowest BCUT2D eigenvalue weighted by atomic mass is 10.0. The molecule has 1 aliphatic rings. The third-order valence-corrected chi connectivity index (χ3v) is 4.93. The molecule has 0 aromatic heterocycles. The van der Waals surface area contributed by atoms with Gasteiger partial charge in [-0.2, -0.15) is 11.8 Å². The van der Waals surface area contributed by atoms with Gasteiger partial charge in [-0.15, -0.1) is 0 Å². The molecule has 17 heavy (non-hydrogen) atoms. The van der Waals surface area contributed by atoms with Crippen LogP contribution in [-0.4, -0.2) is 24.6 Å². The molecule has 0 aromatic rings. The molecule has 1 aliphatic heterocycles. The molecule has 0 bridgehead atoms. The molecule has 1 saturated heterocycles. The highest BCUT2D eigenvalue weighted by atomic mass is 32.2. The second-order valence-corrected chi connectivity index (χ2v) is 6.56. The predicted octanol–water partition coefficient (Wildman–Crippen LogP) is 4.47. The molecule has 1 atom stereocenters. The summed E-state index contributed by atoms with van der Waals surface area (Å²) in [6.07, 6.45) is 12.9. The maximum atomic E-state index is 3.50. The summed E-state index contributed by atoms with van der Waals surface area (Å²) in [5.74, 6) is 3.74. The fourth-order valence-electron chi connectivity index (χ4n) is 2.48. The van der Waals surface area contributed by atoms with Crippen molar-refractivity contribution < 1.29 is 0 Å². The van der Waals surface area contributed by atoms with Gasteiger partial charge >= 0.3 is 0 Å². The molecule has 0 aliphatic carbocycles. The molecule has 0 saturated carbocycles. The zero-order valence-electron chi connectivity index (χ0n) is 11.7. The quantitative estimate of drug-likeness (QED) is 0.580. The van der Waals surface area contributed by atoms with Crippen molar-refractivity contribution in [2.24, 2.45) is 5.92 Å². The van der Waals surface area contributed by atoms with Gasteiger partial charge in [0, 0.05) is 0 Å². The largest absolute Gasteiger partial charge is 0.316 e. The van der Waals surface area contributed by atoms with Crippen LogP contribution in [-0.2, 0) is 0 Å². The minimum absolute atomic E-state index is 0.957. The molecule has 1 unspecified atom stereocenters. The summed E-state index contributed by atoms with van der Waals surface area (Å²) in [5, 5.41) is 3.50. The molecule has 1 fully saturated rings. The van der Waals surface area contributed by atoms with E-state index in [-0.39, 0.29) is 0 Å². The molecular weight excluding hydrogens is 226 g/mol. The fraction of sp³-hybridized carbons (Fsp3) is 1.00. The predicted molar refractivity (Wildman–Crippen MR) is 80.9 cm³/mol. The molecule has 0 spiro atoms. The topological polar surface area (TPSA) is 12.0 Å². The van der Waals surface area contributed by atoms with Crippen LogP contribution in [0.2, 0.25) is 0 Å². The molecule has 0 radical (unpaired) electrons. The molecule has 1 N–H and O–H groups in total. The number of nitrogens with one attached hydrogen (secondary N) is 1. The van der Waals surface area contributed by atoms with Crippen molar-refractivity contribution >= 4 is 11.8 Å². The van der Waals surface area contributed by atoms with Crippen molar-refractivity contribution in [2.45, 2.75) is 64.7 Å². The van der Waals surface area contributed by atoms with Gasteiger partial charge < -0.3 is 5.32 Å². The first kappa shape index (κ1) is 15.4. The molecular formula is C15H31NS. The van der Waals surface area contributed by atoms with Crippen LogP contribution in [0.5, 0.6) is 0 Å². The summed E-state index contributed by atoms with van der Waals surface area (Å²) in [4.78, 5) is 0. The minimum atomic E-state index is 0.957. The van der Waals surface area contributed by atoms with Gasteiger partial charge in [-0.05, 0) is 49.8 Å². The van der Waals surface area contributed by atoms with Gasteiger partial charge in [-0.1, -0.05) is 45.4 Å². The van der Waals surface area contributed by atoms with Crippen LogP contribution >= 0.6 is 11.8 Å². The Labute approximate surface area is 113 Å². The minimum Gasteiger partial charge on any atom is -0.316 e. The highest BCUT2D eigenvalue weighted by molar-refractivity contribution is 7.99. The van der Waals surface area contributed by atoms with Gasteiger partial charge in [0.25, 0.3) is 0 Å². The number of unbranched alkanes of at least 4 members (excludes halogenated alkanes) is 6. The van der Waals surface area contributed by atoms with Crippen molar-refractivity contribution in [1.29, 1.82) is 0 Å². The zero-order chi connectivity index (χ0) is 12.2. The van der Waals surface area contributed by atoms with E-state index in [2.05, 4.69) is 24.0 Å². The summed E-state index contributed by atoms with van der Waals surface area (Å²) in [5.41, 5.74) is 0. The highest BCUT2D eigenvalue weighted by Gasteiger charge is 2.11. The van der Waals surface area contributed by atoms with Crippen molar-refractivity contribution in [3.05, 3.63) is 0 Å². The van der Waals surface area contributed by atoms with E-state index in [1.165, 1.54) is 82.4 Å². The molecule has 0 amide bonds. The maximum absolute atomic E-state index is 3.50. The number of hydrogen-bond acceptors (Lipinski definition) is 2. The Morgan fingerprint density at radius 3 is 2.53 bits per heavy atom. The lowest BCUT2D eigenvalue weighted by Gasteiger charge is -2.22. The summed E-state index contributed by atoms with van der Waals surface area (Å²) in [7, 11) is 0. The van der Waals surface area contributed by atoms with Gasteiger partial charge in [0.15, 0.2) is 0 Å². The number of piperidine rings is 1. The Bertz CT molecular complexity index is 155. The molecule has 1 heterocycles. The average molecular weight is 257 g/mol. The summed E-state index contributed by atoms with van der Waals surface area (Å²) < 4.78 is 0. The van der Waals surface area contributed by atoms with Crippen LogP contribution < -0.4 is 5.32 Å². The van der Waals surface area contributed by atoms with Gasteiger partial charge in [-0.3, -0.25) is 0 Å². The van der Waals surface area contributed by atoms with E-state index >= 15 is 0 Å². The Balaban J connectivity index is 1.75. The third kappa shape index (κ3) is 8.96. The number of thioether (sulfide) groups is 1. The van der Waals surface area contributed by atoms with E-state index in [1.807, 2.05) is 0 Å². The van der Waals surface area contributed by atoms with Crippen LogP contribution in [0.1, 0.15) is 64.7 Å². The standard InChI is InChI=1S/C15H31NS/c1-2-3-4-5-6-7-8-12-17-14-15-10-9-11-16-13-15/h15-16H,2-14H2,1H3. The van der Waals surface area contributed by atoms with Crippen molar-refractivity contribution in [3.8, 4) is 0 Å². The van der Waals surface area contributed by atoms with Crippen LogP contribution in [0.25, 0.3) is 0 Å². The smallest absolute Gasteiger partial charge is 0.00126 e. The highest BCUT2D eigenvalue weighted by Crippen LogP contribution is 2.18. The number of hydrogen-bond donors (Lipinski definition) is 1. The van der Waals surface area contributed by atoms with E-state index in [9.17, 15) is 0 Å². The van der Waals surface area contributed by atoms with Crippen molar-refractivity contribution in [3.63, 3.8) is 0 Å². The maximum Gasteiger partial charge on any atom is -0.00126 e. The molecule has 0 aromatic carbocycles. The molecule has 1 rings (SSSR count). The second-order valence-electron chi connectivity index (χ2n) is 5.41. The van der Waals surface area contributed by atoms with Gasteiger partial charge in [-0.25, -0.2) is 0 Å². The fourth-order valence-corrected chi connectivity index (χ4v) is 3.67. The Morgan fingerprint density at radius 2 is 1.82 bits per heavy atom. The van der Waals surface area contributed by atoms with E-state index < -0.39 is 0 Å². The van der Waals surface area contributed by atoms with Crippen LogP contribution in [0.4, 0.5) is 0 Å². The van der Waals surface area contributed by atoms with Crippen LogP contribution in [0, 0.1) is 5.92 Å². The lowest BCUT2D eigenvalue weighted by molar-refractivity contribution is 0.410. The Morgan fingerprint density at radius 1 is 1.06 bits per heavy atom. The molecule has 2 heteroatoms. The number of rotatable bonds is 10. The summed E-state index contributed by atoms with van der Waals surface area (Å²) in [6.45, 7) is 4.81. The van der Waals surface area contributed by atoms with Gasteiger partial charge in [0.1, 0.15) is 0 Å². The molecule has 102 valence electrons. The van der Waals surface area contributed by atoms with Crippen LogP contribution in [0.3, 0.4) is 0 Å². The summed E-state index contributed by atoms with van der Waals surface area (Å²) in [6, 6.07) is 0. The van der Waals surface area contributed by atoms with E-state index in [0.717, 1.165) is 5.92 Å². The Kier molecular flexibility index (Phi) is 10.3. The SMILES string of the molecule is CCCCCCCCCSCC1CCCNC1. The first-order valence-electron chi connectivity index (χ1n) is 7.72. The normalized spacial score (nSPS) is 20.6. The second kappa shape index (κ2) is 11.4. The van der Waals surface area contributed by atoms with Gasteiger partial charge in [0.2, 0.25) is 0 Å². The van der Waals surface area contributed by atoms with Crippen molar-refractivity contribution in [2.75, 3.05) is 24.6 Å². The van der Waals surface area contributed by atoms with Gasteiger partial charge in [0.05, 0.1) is 0 Å². The monoisotopic (exact) mass is 257 g/mol. The average Bonchev–Trinajstić information content (AvgIpc) is 2.38. The first-order chi connectivity index (χ1) is 8.43. The first-order valence-corrected chi connectivity index (χ1v) is 8.87. The molecule has 1 nitrogen and oxygen atoms in total. The summed E-state index contributed by atoms with van der Waals surface area (Å²) >= 11 is 2.19.